The van der Waals surface area contributed by atoms with Crippen LogP contribution in [0, 0.1) is 53.3 Å². The molecule has 4 rings (SSSR count). The number of hydrogen-bond donors (Lipinski definition) is 2. The molecule has 0 aromatic heterocycles. The second kappa shape index (κ2) is 34.9. The van der Waals surface area contributed by atoms with Crippen LogP contribution in [-0.2, 0) is 52.5 Å². The minimum absolute atomic E-state index is 0. The average Bonchev–Trinajstić information content (AvgIpc) is 3.41. The summed E-state index contributed by atoms with van der Waals surface area (Å²) in [6, 6.07) is 0. The molecule has 3 aliphatic carbocycles. The molecule has 14 nitrogen and oxygen atoms in total. The van der Waals surface area contributed by atoms with Gasteiger partial charge in [0, 0.05) is 13.2 Å². The summed E-state index contributed by atoms with van der Waals surface area (Å²) >= 11 is 0. The molecule has 4 fully saturated rings. The van der Waals surface area contributed by atoms with Crippen LogP contribution in [0.4, 0.5) is 0 Å². The number of fused-ring (bicyclic) bond motifs is 1. The molecule has 5 unspecified atom stereocenters. The summed E-state index contributed by atoms with van der Waals surface area (Å²) in [5.74, 6) is -1.62. The van der Waals surface area contributed by atoms with Crippen LogP contribution in [0.2, 0.25) is 0 Å². The molecule has 2 N–H and O–H groups in total. The molecule has 322 valence electrons. The fourth-order valence-corrected chi connectivity index (χ4v) is 7.02. The Balaban J connectivity index is -0.000000679. The van der Waals surface area contributed by atoms with E-state index < -0.39 is 0 Å². The van der Waals surface area contributed by atoms with Crippen LogP contribution < -0.4 is 34.7 Å². The molecule has 0 aromatic carbocycles. The molecule has 15 heteroatoms. The van der Waals surface area contributed by atoms with Crippen molar-refractivity contribution in [2.75, 3.05) is 46.2 Å². The Kier molecular flexibility index (Phi) is 36.3. The maximum atomic E-state index is 11.8. The molecule has 3 saturated carbocycles. The first kappa shape index (κ1) is 58.2. The summed E-state index contributed by atoms with van der Waals surface area (Å²) in [4.78, 5) is 69.5. The molecule has 1 heterocycles. The van der Waals surface area contributed by atoms with Gasteiger partial charge in [0.05, 0.1) is 61.9 Å². The zero-order chi connectivity index (χ0) is 42.5. The Bertz CT molecular complexity index is 1040. The molecule has 4 aliphatic rings. The third-order valence-corrected chi connectivity index (χ3v) is 9.50. The molecule has 0 radical (unpaired) electrons. The van der Waals surface area contributed by atoms with Crippen molar-refractivity contribution in [2.45, 2.75) is 127 Å². The van der Waals surface area contributed by atoms with Crippen molar-refractivity contribution in [2.24, 2.45) is 53.3 Å². The fourth-order valence-electron chi connectivity index (χ4n) is 7.02. The number of aliphatic hydroxyl groups is 2. The van der Waals surface area contributed by atoms with Crippen molar-refractivity contribution in [1.29, 1.82) is 0 Å². The number of carbonyl (C=O) groups is 6. The number of esters is 6. The van der Waals surface area contributed by atoms with E-state index in [4.69, 9.17) is 34.3 Å². The summed E-state index contributed by atoms with van der Waals surface area (Å²) in [6.45, 7) is 20.3. The van der Waals surface area contributed by atoms with Crippen molar-refractivity contribution in [1.82, 2.24) is 0 Å². The van der Waals surface area contributed by atoms with Gasteiger partial charge in [-0.2, -0.15) is 0 Å². The Hall–Kier alpha value is -2.10. The van der Waals surface area contributed by atoms with Crippen LogP contribution in [-0.4, -0.2) is 92.3 Å². The smallest absolute Gasteiger partial charge is 0.855 e. The summed E-state index contributed by atoms with van der Waals surface area (Å²) in [5, 5.41) is 24.1. The van der Waals surface area contributed by atoms with Crippen molar-refractivity contribution >= 4 is 35.8 Å². The molecular weight excluding hydrogens is 739 g/mol. The van der Waals surface area contributed by atoms with Gasteiger partial charge < -0.3 is 39.0 Å². The fraction of sp³-hybridized carbons (Fsp3) is 0.854. The maximum absolute atomic E-state index is 11.8. The number of aliphatic hydroxyl groups excluding tert-OH is 2. The predicted octanol–water partition coefficient (Wildman–Crippen LogP) is 1.82. The molecule has 9 atom stereocenters. The zero-order valence-corrected chi connectivity index (χ0v) is 38.3. The maximum Gasteiger partial charge on any atom is 1.00 e. The number of rotatable bonds is 8. The molecular formula is C41H73NaO14. The third-order valence-electron chi connectivity index (χ3n) is 9.50. The SMILES string of the molecule is CC1CC[C@@H]2C(=O)OC(=O)[C@@H]2C1.CCO.CCO.CCOC(=O)C1CCC(C)CC1C(=O)OCC.CCOC(=O)[C@H]1CCC(C)C[C@H]1C(=O)OCC.CC[O-].[Na+]. The number of cyclic esters (lactones) is 2. The van der Waals surface area contributed by atoms with Crippen LogP contribution in [0.3, 0.4) is 0 Å². The first-order chi connectivity index (χ1) is 26.1. The quantitative estimate of drug-likeness (QED) is 0.155. The number of ether oxygens (including phenoxy) is 5. The monoisotopic (exact) mass is 812 g/mol. The van der Waals surface area contributed by atoms with Crippen molar-refractivity contribution in [3.63, 3.8) is 0 Å². The second-order valence-corrected chi connectivity index (χ2v) is 14.1. The van der Waals surface area contributed by atoms with Gasteiger partial charge >= 0.3 is 65.4 Å². The van der Waals surface area contributed by atoms with Crippen molar-refractivity contribution in [3.8, 4) is 0 Å². The van der Waals surface area contributed by atoms with Crippen LogP contribution in [0.15, 0.2) is 0 Å². The van der Waals surface area contributed by atoms with Gasteiger partial charge in [-0.15, -0.1) is 6.61 Å². The summed E-state index contributed by atoms with van der Waals surface area (Å²) in [6.07, 6.45) is 7.55. The van der Waals surface area contributed by atoms with Crippen LogP contribution in [0.1, 0.15) is 127 Å². The first-order valence-corrected chi connectivity index (χ1v) is 20.3. The van der Waals surface area contributed by atoms with Crippen molar-refractivity contribution in [3.05, 3.63) is 0 Å². The van der Waals surface area contributed by atoms with Gasteiger partial charge in [-0.25, -0.2) is 0 Å². The van der Waals surface area contributed by atoms with E-state index in [0.29, 0.717) is 44.2 Å². The molecule has 0 amide bonds. The second-order valence-electron chi connectivity index (χ2n) is 14.1. The standard InChI is InChI=1S/2C13H22O4.C9H12O3.2C2H6O.C2H5O.Na/c2*1-4-16-12(14)10-7-6-9(3)8-11(10)13(15)17-5-2;1-5-2-3-6-7(4-5)9(11)12-8(6)10;3*1-2-3;/h2*9-11H,4-8H2,1-3H3;5-7H,2-4H2,1H3;2*3H,2H2,1H3;2H2,1H3;/q;;;;;-1;+1/t9?,10-,11+;;5?,6-,7+;;;;/m0.0..../s1. The zero-order valence-electron chi connectivity index (χ0n) is 36.3. The predicted molar refractivity (Wildman–Crippen MR) is 204 cm³/mol. The molecule has 0 spiro atoms. The first-order valence-electron chi connectivity index (χ1n) is 20.3. The van der Waals surface area contributed by atoms with Gasteiger partial charge in [0.1, 0.15) is 0 Å². The number of carbonyl (C=O) groups excluding carboxylic acids is 6. The van der Waals surface area contributed by atoms with Gasteiger partial charge in [0.2, 0.25) is 0 Å². The number of hydrogen-bond acceptors (Lipinski definition) is 14. The van der Waals surface area contributed by atoms with Gasteiger partial charge in [-0.1, -0.05) is 27.7 Å². The summed E-state index contributed by atoms with van der Waals surface area (Å²) in [5.41, 5.74) is 0. The van der Waals surface area contributed by atoms with E-state index in [1.54, 1.807) is 48.5 Å². The third kappa shape index (κ3) is 22.7. The van der Waals surface area contributed by atoms with Crippen LogP contribution in [0.25, 0.3) is 0 Å². The van der Waals surface area contributed by atoms with E-state index in [1.165, 1.54) is 0 Å². The minimum atomic E-state index is -0.322. The Morgan fingerprint density at radius 2 is 0.804 bits per heavy atom. The van der Waals surface area contributed by atoms with E-state index >= 15 is 0 Å². The van der Waals surface area contributed by atoms with Gasteiger partial charge in [-0.05, 0) is 117 Å². The van der Waals surface area contributed by atoms with E-state index in [-0.39, 0.29) is 121 Å². The van der Waals surface area contributed by atoms with Crippen LogP contribution >= 0.6 is 0 Å². The van der Waals surface area contributed by atoms with E-state index in [2.05, 4.69) is 25.5 Å². The summed E-state index contributed by atoms with van der Waals surface area (Å²) in [7, 11) is 0. The topological polar surface area (TPSA) is 212 Å². The average molecular weight is 813 g/mol. The normalized spacial score (nSPS) is 27.1. The van der Waals surface area contributed by atoms with Crippen molar-refractivity contribution < 1.29 is 97.3 Å². The summed E-state index contributed by atoms with van der Waals surface area (Å²) < 4.78 is 24.7. The Labute approximate surface area is 358 Å². The minimum Gasteiger partial charge on any atom is -0.855 e. The Morgan fingerprint density at radius 3 is 1.12 bits per heavy atom. The van der Waals surface area contributed by atoms with Gasteiger partial charge in [-0.3, -0.25) is 28.8 Å². The van der Waals surface area contributed by atoms with E-state index in [0.717, 1.165) is 57.8 Å². The molecule has 1 saturated heterocycles. The van der Waals surface area contributed by atoms with Crippen LogP contribution in [0.5, 0.6) is 0 Å². The molecule has 0 bridgehead atoms. The Morgan fingerprint density at radius 1 is 0.536 bits per heavy atom. The molecule has 0 aromatic rings. The largest absolute Gasteiger partial charge is 1.00 e. The van der Waals surface area contributed by atoms with E-state index in [9.17, 15) is 28.8 Å². The van der Waals surface area contributed by atoms with Gasteiger partial charge in [0.25, 0.3) is 0 Å². The molecule has 1 aliphatic heterocycles. The van der Waals surface area contributed by atoms with Gasteiger partial charge in [0.15, 0.2) is 0 Å². The molecule has 56 heavy (non-hydrogen) atoms. The van der Waals surface area contributed by atoms with E-state index in [1.807, 2.05) is 0 Å².